The Labute approximate surface area is 131 Å². The van der Waals surface area contributed by atoms with Crippen molar-refractivity contribution in [3.63, 3.8) is 0 Å². The fourth-order valence-corrected chi connectivity index (χ4v) is 2.73. The number of fused-ring (bicyclic) bond motifs is 1. The lowest BCUT2D eigenvalue weighted by atomic mass is 10.1. The molecule has 2 aromatic carbocycles. The van der Waals surface area contributed by atoms with Gasteiger partial charge in [0.05, 0.1) is 6.54 Å². The Morgan fingerprint density at radius 3 is 2.68 bits per heavy atom. The maximum absolute atomic E-state index is 10.0. The van der Waals surface area contributed by atoms with E-state index >= 15 is 0 Å². The molecule has 0 amide bonds. The van der Waals surface area contributed by atoms with Crippen LogP contribution in [0.3, 0.4) is 0 Å². The third kappa shape index (κ3) is 2.12. The van der Waals surface area contributed by atoms with Gasteiger partial charge in [0.1, 0.15) is 17.3 Å². The van der Waals surface area contributed by atoms with Gasteiger partial charge in [-0.3, -0.25) is 0 Å². The molecule has 2 heterocycles. The Kier molecular flexibility index (Phi) is 3.05. The summed E-state index contributed by atoms with van der Waals surface area (Å²) in [4.78, 5) is 4.41. The van der Waals surface area contributed by atoms with Crippen molar-refractivity contribution < 1.29 is 14.3 Å². The molecule has 0 spiro atoms. The normalized spacial score (nSPS) is 17.5. The van der Waals surface area contributed by atoms with Gasteiger partial charge >= 0.3 is 0 Å². The second-order valence-corrected chi connectivity index (χ2v) is 5.52. The van der Waals surface area contributed by atoms with Gasteiger partial charge in [-0.25, -0.2) is 4.99 Å². The van der Waals surface area contributed by atoms with Crippen LogP contribution in [0.1, 0.15) is 17.2 Å². The van der Waals surface area contributed by atoms with Crippen LogP contribution in [0.2, 0.25) is 5.02 Å². The van der Waals surface area contributed by atoms with Crippen LogP contribution in [0.25, 0.3) is 11.0 Å². The van der Waals surface area contributed by atoms with E-state index in [9.17, 15) is 5.11 Å². The molecule has 0 radical (unpaired) electrons. The van der Waals surface area contributed by atoms with Gasteiger partial charge in [-0.05, 0) is 23.8 Å². The lowest BCUT2D eigenvalue weighted by molar-refractivity contribution is 0.229. The van der Waals surface area contributed by atoms with Crippen LogP contribution in [0.5, 0.6) is 5.95 Å². The summed E-state index contributed by atoms with van der Waals surface area (Å²) in [5.74, 6) is 0.235. The Hall–Kier alpha value is -2.46. The first-order chi connectivity index (χ1) is 10.7. The third-order valence-electron chi connectivity index (χ3n) is 3.69. The van der Waals surface area contributed by atoms with Gasteiger partial charge in [-0.2, -0.15) is 0 Å². The zero-order valence-electron chi connectivity index (χ0n) is 11.5. The minimum absolute atomic E-state index is 0.170. The van der Waals surface area contributed by atoms with Crippen molar-refractivity contribution in [2.75, 3.05) is 6.54 Å². The number of rotatable bonds is 2. The number of hydrogen-bond acceptors (Lipinski definition) is 4. The van der Waals surface area contributed by atoms with Gasteiger partial charge < -0.3 is 14.3 Å². The van der Waals surface area contributed by atoms with Crippen LogP contribution in [-0.4, -0.2) is 17.5 Å². The van der Waals surface area contributed by atoms with Crippen molar-refractivity contribution in [3.8, 4) is 5.95 Å². The zero-order chi connectivity index (χ0) is 15.1. The molecule has 0 bridgehead atoms. The molecule has 5 heteroatoms. The van der Waals surface area contributed by atoms with E-state index in [-0.39, 0.29) is 12.1 Å². The summed E-state index contributed by atoms with van der Waals surface area (Å²) < 4.78 is 11.3. The molecule has 1 N–H and O–H groups in total. The van der Waals surface area contributed by atoms with Crippen molar-refractivity contribution in [1.29, 1.82) is 0 Å². The molecule has 1 aliphatic rings. The van der Waals surface area contributed by atoms with Crippen molar-refractivity contribution >= 4 is 28.5 Å². The van der Waals surface area contributed by atoms with Crippen LogP contribution in [0.4, 0.5) is 0 Å². The lowest BCUT2D eigenvalue weighted by Crippen LogP contribution is -2.06. The molecule has 1 aromatic heterocycles. The molecule has 1 aliphatic heterocycles. The number of halogens is 1. The molecule has 0 aliphatic carbocycles. The van der Waals surface area contributed by atoms with E-state index in [0.717, 1.165) is 10.9 Å². The number of para-hydroxylation sites is 1. The maximum atomic E-state index is 10.0. The summed E-state index contributed by atoms with van der Waals surface area (Å²) in [5, 5.41) is 11.5. The number of ether oxygens (including phenoxy) is 1. The first-order valence-electron chi connectivity index (χ1n) is 6.90. The van der Waals surface area contributed by atoms with Gasteiger partial charge in [0.25, 0.3) is 5.95 Å². The second-order valence-electron chi connectivity index (χ2n) is 5.08. The molecule has 4 rings (SSSR count). The van der Waals surface area contributed by atoms with Crippen molar-refractivity contribution in [2.24, 2.45) is 4.99 Å². The third-order valence-corrected chi connectivity index (χ3v) is 3.94. The van der Waals surface area contributed by atoms with E-state index in [1.165, 1.54) is 0 Å². The van der Waals surface area contributed by atoms with Crippen LogP contribution in [0, 0.1) is 0 Å². The van der Waals surface area contributed by atoms with E-state index in [2.05, 4.69) is 4.99 Å². The average molecular weight is 314 g/mol. The highest BCUT2D eigenvalue weighted by Gasteiger charge is 2.28. The van der Waals surface area contributed by atoms with Crippen LogP contribution in [0.15, 0.2) is 57.9 Å². The Morgan fingerprint density at radius 2 is 1.86 bits per heavy atom. The van der Waals surface area contributed by atoms with Crippen molar-refractivity contribution in [2.45, 2.75) is 6.10 Å². The fourth-order valence-electron chi connectivity index (χ4n) is 2.60. The summed E-state index contributed by atoms with van der Waals surface area (Å²) in [6.07, 6.45) is -0.180. The summed E-state index contributed by atoms with van der Waals surface area (Å²) >= 11 is 5.90. The minimum atomic E-state index is -0.180. The SMILES string of the molecule is Oc1oc2ccccc2c1C1=NCC(c2ccc(Cl)cc2)O1. The van der Waals surface area contributed by atoms with E-state index in [0.29, 0.717) is 28.6 Å². The highest BCUT2D eigenvalue weighted by Crippen LogP contribution is 2.35. The molecule has 22 heavy (non-hydrogen) atoms. The van der Waals surface area contributed by atoms with E-state index in [4.69, 9.17) is 20.8 Å². The van der Waals surface area contributed by atoms with Gasteiger partial charge in [0, 0.05) is 10.4 Å². The fraction of sp³-hybridized carbons (Fsp3) is 0.118. The van der Waals surface area contributed by atoms with Crippen molar-refractivity contribution in [3.05, 3.63) is 64.7 Å². The van der Waals surface area contributed by atoms with E-state index < -0.39 is 0 Å². The predicted octanol–water partition coefficient (Wildman–Crippen LogP) is 4.31. The number of furan rings is 1. The van der Waals surface area contributed by atoms with Crippen LogP contribution < -0.4 is 0 Å². The molecule has 0 saturated carbocycles. The quantitative estimate of drug-likeness (QED) is 0.767. The molecular weight excluding hydrogens is 302 g/mol. The number of nitrogens with zero attached hydrogens (tertiary/aromatic N) is 1. The number of hydrogen-bond donors (Lipinski definition) is 1. The van der Waals surface area contributed by atoms with Gasteiger partial charge in [-0.1, -0.05) is 41.9 Å². The maximum Gasteiger partial charge on any atom is 0.296 e. The first-order valence-corrected chi connectivity index (χ1v) is 7.27. The standard InChI is InChI=1S/C17H12ClNO3/c18-11-7-5-10(6-8-11)14-9-19-16(21-14)15-12-3-1-2-4-13(12)22-17(15)20/h1-8,14,20H,9H2. The highest BCUT2D eigenvalue weighted by atomic mass is 35.5. The topological polar surface area (TPSA) is 55.0 Å². The lowest BCUT2D eigenvalue weighted by Gasteiger charge is -2.11. The van der Waals surface area contributed by atoms with Crippen molar-refractivity contribution in [1.82, 2.24) is 0 Å². The summed E-state index contributed by atoms with van der Waals surface area (Å²) in [6.45, 7) is 0.496. The number of aliphatic imine (C=N–C) groups is 1. The molecular formula is C17H12ClNO3. The highest BCUT2D eigenvalue weighted by molar-refractivity contribution is 6.30. The Balaban J connectivity index is 1.67. The molecule has 1 atom stereocenters. The summed E-state index contributed by atoms with van der Waals surface area (Å²) in [7, 11) is 0. The van der Waals surface area contributed by atoms with Crippen LogP contribution >= 0.6 is 11.6 Å². The van der Waals surface area contributed by atoms with E-state index in [1.54, 1.807) is 6.07 Å². The monoisotopic (exact) mass is 313 g/mol. The molecule has 0 saturated heterocycles. The Morgan fingerprint density at radius 1 is 1.09 bits per heavy atom. The predicted molar refractivity (Wildman–Crippen MR) is 84.6 cm³/mol. The van der Waals surface area contributed by atoms with Gasteiger partial charge in [0.15, 0.2) is 0 Å². The summed E-state index contributed by atoms with van der Waals surface area (Å²) in [6, 6.07) is 14.9. The largest absolute Gasteiger partial charge is 0.480 e. The van der Waals surface area contributed by atoms with E-state index in [1.807, 2.05) is 42.5 Å². The second kappa shape index (κ2) is 5.07. The Bertz CT molecular complexity index is 867. The molecule has 0 fully saturated rings. The smallest absolute Gasteiger partial charge is 0.296 e. The average Bonchev–Trinajstić information content (AvgIpc) is 3.11. The van der Waals surface area contributed by atoms with Crippen LogP contribution in [-0.2, 0) is 4.74 Å². The molecule has 110 valence electrons. The first kappa shape index (κ1) is 13.2. The van der Waals surface area contributed by atoms with Gasteiger partial charge in [-0.15, -0.1) is 0 Å². The number of aromatic hydroxyl groups is 1. The summed E-state index contributed by atoms with van der Waals surface area (Å²) in [5.41, 5.74) is 2.11. The minimum Gasteiger partial charge on any atom is -0.480 e. The molecule has 1 unspecified atom stereocenters. The zero-order valence-corrected chi connectivity index (χ0v) is 12.2. The number of benzene rings is 2. The molecule has 3 aromatic rings. The van der Waals surface area contributed by atoms with Gasteiger partial charge in [0.2, 0.25) is 5.90 Å². The molecule has 4 nitrogen and oxygen atoms in total.